The highest BCUT2D eigenvalue weighted by molar-refractivity contribution is 5.29. The van der Waals surface area contributed by atoms with Gasteiger partial charge >= 0.3 is 0 Å². The van der Waals surface area contributed by atoms with E-state index in [1.807, 2.05) is 13.0 Å². The number of likely N-dealkylation sites (tertiary alicyclic amines) is 1. The Hall–Kier alpha value is -1.16. The summed E-state index contributed by atoms with van der Waals surface area (Å²) < 4.78 is 0. The van der Waals surface area contributed by atoms with Crippen molar-refractivity contribution in [3.8, 4) is 0 Å². The van der Waals surface area contributed by atoms with Crippen molar-refractivity contribution in [2.24, 2.45) is 5.92 Å². The van der Waals surface area contributed by atoms with Gasteiger partial charge in [-0.15, -0.1) is 0 Å². The molecule has 1 aromatic rings. The molecule has 1 atom stereocenters. The first-order chi connectivity index (χ1) is 7.63. The molecular formula is C12H20N4. The summed E-state index contributed by atoms with van der Waals surface area (Å²) in [5, 5.41) is 0. The summed E-state index contributed by atoms with van der Waals surface area (Å²) in [6.07, 6.45) is 2.62. The lowest BCUT2D eigenvalue weighted by molar-refractivity contribution is 0.173. The number of hydrogen-bond donors (Lipinski definition) is 1. The number of nitrogen functional groups attached to an aromatic ring is 1. The third-order valence-electron chi connectivity index (χ3n) is 3.03. The molecule has 0 saturated carbocycles. The molecule has 0 radical (unpaired) electrons. The van der Waals surface area contributed by atoms with Gasteiger partial charge in [0.2, 0.25) is 0 Å². The number of piperidine rings is 1. The van der Waals surface area contributed by atoms with E-state index in [4.69, 9.17) is 5.73 Å². The zero-order chi connectivity index (χ0) is 11.5. The molecule has 1 fully saturated rings. The van der Waals surface area contributed by atoms with Crippen LogP contribution >= 0.6 is 0 Å². The second-order valence-corrected chi connectivity index (χ2v) is 4.83. The summed E-state index contributed by atoms with van der Waals surface area (Å²) in [6, 6.07) is 1.81. The van der Waals surface area contributed by atoms with E-state index < -0.39 is 0 Å². The summed E-state index contributed by atoms with van der Waals surface area (Å²) in [4.78, 5) is 11.1. The Morgan fingerprint density at radius 1 is 1.50 bits per heavy atom. The summed E-state index contributed by atoms with van der Waals surface area (Å²) in [7, 11) is 0. The lowest BCUT2D eigenvalue weighted by Crippen LogP contribution is -2.34. The Morgan fingerprint density at radius 3 is 3.00 bits per heavy atom. The average molecular weight is 220 g/mol. The third-order valence-corrected chi connectivity index (χ3v) is 3.03. The van der Waals surface area contributed by atoms with Crippen LogP contribution in [0.3, 0.4) is 0 Å². The normalized spacial score (nSPS) is 22.2. The van der Waals surface area contributed by atoms with Crippen molar-refractivity contribution in [3.05, 3.63) is 17.6 Å². The highest BCUT2D eigenvalue weighted by Crippen LogP contribution is 2.17. The first-order valence-electron chi connectivity index (χ1n) is 5.96. The van der Waals surface area contributed by atoms with Crippen LogP contribution in [0.15, 0.2) is 6.07 Å². The van der Waals surface area contributed by atoms with Gasteiger partial charge in [-0.1, -0.05) is 6.92 Å². The number of aryl methyl sites for hydroxylation is 1. The molecule has 2 rings (SSSR count). The Bertz CT molecular complexity index is 344. The van der Waals surface area contributed by atoms with E-state index in [-0.39, 0.29) is 0 Å². The van der Waals surface area contributed by atoms with E-state index in [9.17, 15) is 0 Å². The molecule has 0 aromatic carbocycles. The minimum absolute atomic E-state index is 0.576. The number of nitrogens with two attached hydrogens (primary N) is 1. The topological polar surface area (TPSA) is 55.0 Å². The second-order valence-electron chi connectivity index (χ2n) is 4.83. The van der Waals surface area contributed by atoms with Crippen LogP contribution in [0.5, 0.6) is 0 Å². The molecule has 1 unspecified atom stereocenters. The molecule has 0 bridgehead atoms. The zero-order valence-electron chi connectivity index (χ0n) is 10.1. The van der Waals surface area contributed by atoms with E-state index >= 15 is 0 Å². The number of aromatic nitrogens is 2. The van der Waals surface area contributed by atoms with Crippen molar-refractivity contribution >= 4 is 5.82 Å². The van der Waals surface area contributed by atoms with E-state index in [1.54, 1.807) is 0 Å². The predicted octanol–water partition coefficient (Wildman–Crippen LogP) is 1.60. The van der Waals surface area contributed by atoms with Gasteiger partial charge in [0, 0.05) is 18.3 Å². The first-order valence-corrected chi connectivity index (χ1v) is 5.96. The Morgan fingerprint density at radius 2 is 2.31 bits per heavy atom. The molecule has 0 aliphatic carbocycles. The zero-order valence-corrected chi connectivity index (χ0v) is 10.1. The molecule has 0 amide bonds. The Labute approximate surface area is 96.9 Å². The van der Waals surface area contributed by atoms with Gasteiger partial charge in [-0.25, -0.2) is 9.97 Å². The predicted molar refractivity (Wildman–Crippen MR) is 64.9 cm³/mol. The van der Waals surface area contributed by atoms with Gasteiger partial charge in [-0.05, 0) is 32.2 Å². The molecule has 4 nitrogen and oxygen atoms in total. The lowest BCUT2D eigenvalue weighted by Gasteiger charge is -2.30. The number of hydrogen-bond acceptors (Lipinski definition) is 4. The number of nitrogens with zero attached hydrogens (tertiary/aromatic N) is 3. The molecule has 1 saturated heterocycles. The molecule has 1 aliphatic heterocycles. The minimum Gasteiger partial charge on any atom is -0.384 e. The van der Waals surface area contributed by atoms with E-state index in [0.717, 1.165) is 37.1 Å². The van der Waals surface area contributed by atoms with Crippen LogP contribution in [0.1, 0.15) is 31.3 Å². The van der Waals surface area contributed by atoms with E-state index in [1.165, 1.54) is 12.8 Å². The summed E-state index contributed by atoms with van der Waals surface area (Å²) >= 11 is 0. The molecule has 2 heterocycles. The maximum absolute atomic E-state index is 5.72. The third kappa shape index (κ3) is 2.92. The molecule has 2 N–H and O–H groups in total. The molecule has 16 heavy (non-hydrogen) atoms. The van der Waals surface area contributed by atoms with Crippen molar-refractivity contribution in [3.63, 3.8) is 0 Å². The fraction of sp³-hybridized carbons (Fsp3) is 0.667. The second kappa shape index (κ2) is 4.78. The van der Waals surface area contributed by atoms with Crippen molar-refractivity contribution in [2.45, 2.75) is 33.2 Å². The first kappa shape index (κ1) is 11.3. The highest BCUT2D eigenvalue weighted by atomic mass is 15.2. The molecule has 4 heteroatoms. The van der Waals surface area contributed by atoms with Crippen molar-refractivity contribution in [2.75, 3.05) is 18.8 Å². The molecule has 0 spiro atoms. The fourth-order valence-corrected chi connectivity index (χ4v) is 2.36. The van der Waals surface area contributed by atoms with Crippen LogP contribution in [-0.4, -0.2) is 28.0 Å². The van der Waals surface area contributed by atoms with Crippen LogP contribution in [0.25, 0.3) is 0 Å². The van der Waals surface area contributed by atoms with Gasteiger partial charge in [0.15, 0.2) is 0 Å². The maximum Gasteiger partial charge on any atom is 0.144 e. The maximum atomic E-state index is 5.72. The highest BCUT2D eigenvalue weighted by Gasteiger charge is 2.17. The van der Waals surface area contributed by atoms with Gasteiger partial charge in [0.05, 0.1) is 6.54 Å². The van der Waals surface area contributed by atoms with Gasteiger partial charge in [-0.2, -0.15) is 0 Å². The van der Waals surface area contributed by atoms with Crippen molar-refractivity contribution < 1.29 is 0 Å². The lowest BCUT2D eigenvalue weighted by atomic mass is 10.0. The van der Waals surface area contributed by atoms with Gasteiger partial charge < -0.3 is 5.73 Å². The van der Waals surface area contributed by atoms with Crippen LogP contribution < -0.4 is 5.73 Å². The van der Waals surface area contributed by atoms with Gasteiger partial charge in [-0.3, -0.25) is 4.90 Å². The fourth-order valence-electron chi connectivity index (χ4n) is 2.36. The van der Waals surface area contributed by atoms with E-state index in [0.29, 0.717) is 5.82 Å². The van der Waals surface area contributed by atoms with Gasteiger partial charge in [0.1, 0.15) is 11.6 Å². The quantitative estimate of drug-likeness (QED) is 0.822. The average Bonchev–Trinajstić information content (AvgIpc) is 2.15. The summed E-state index contributed by atoms with van der Waals surface area (Å²) in [5.74, 6) is 2.22. The smallest absolute Gasteiger partial charge is 0.144 e. The SMILES string of the molecule is Cc1cc(N)nc(CN2CCCC(C)C2)n1. The Kier molecular flexibility index (Phi) is 3.39. The summed E-state index contributed by atoms with van der Waals surface area (Å²) in [6.45, 7) is 7.40. The van der Waals surface area contributed by atoms with Crippen LogP contribution in [0.4, 0.5) is 5.82 Å². The van der Waals surface area contributed by atoms with Crippen LogP contribution in [0.2, 0.25) is 0 Å². The molecule has 1 aromatic heterocycles. The molecule has 1 aliphatic rings. The van der Waals surface area contributed by atoms with Crippen LogP contribution in [0, 0.1) is 12.8 Å². The monoisotopic (exact) mass is 220 g/mol. The van der Waals surface area contributed by atoms with Crippen LogP contribution in [-0.2, 0) is 6.54 Å². The van der Waals surface area contributed by atoms with Gasteiger partial charge in [0.25, 0.3) is 0 Å². The number of anilines is 1. The Balaban J connectivity index is 2.02. The van der Waals surface area contributed by atoms with E-state index in [2.05, 4.69) is 21.8 Å². The largest absolute Gasteiger partial charge is 0.384 e. The molecule has 88 valence electrons. The van der Waals surface area contributed by atoms with Crippen molar-refractivity contribution in [1.29, 1.82) is 0 Å². The number of rotatable bonds is 2. The standard InChI is InChI=1S/C12H20N4/c1-9-4-3-5-16(7-9)8-12-14-10(2)6-11(13)15-12/h6,9H,3-5,7-8H2,1-2H3,(H2,13,14,15). The molecular weight excluding hydrogens is 200 g/mol. The summed E-state index contributed by atoms with van der Waals surface area (Å²) in [5.41, 5.74) is 6.67. The van der Waals surface area contributed by atoms with Crippen molar-refractivity contribution in [1.82, 2.24) is 14.9 Å². The minimum atomic E-state index is 0.576.